The van der Waals surface area contributed by atoms with Crippen LogP contribution in [0.15, 0.2) is 30.3 Å². The van der Waals surface area contributed by atoms with Crippen LogP contribution in [0, 0.1) is 0 Å². The van der Waals surface area contributed by atoms with Crippen LogP contribution >= 0.6 is 0 Å². The van der Waals surface area contributed by atoms with E-state index in [9.17, 15) is 4.79 Å². The lowest BCUT2D eigenvalue weighted by Gasteiger charge is -2.16. The molecule has 2 unspecified atom stereocenters. The Bertz CT molecular complexity index is 344. The van der Waals surface area contributed by atoms with Crippen LogP contribution < -0.4 is 10.6 Å². The maximum atomic E-state index is 12.0. The summed E-state index contributed by atoms with van der Waals surface area (Å²) in [7, 11) is 0. The average molecular weight is 218 g/mol. The maximum absolute atomic E-state index is 12.0. The molecule has 1 aliphatic heterocycles. The molecule has 0 spiro atoms. The third kappa shape index (κ3) is 2.61. The minimum atomic E-state index is -0.0678. The molecule has 16 heavy (non-hydrogen) atoms. The molecule has 1 saturated heterocycles. The van der Waals surface area contributed by atoms with Crippen LogP contribution in [0.3, 0.4) is 0 Å². The Labute approximate surface area is 96.2 Å². The van der Waals surface area contributed by atoms with Gasteiger partial charge in [-0.1, -0.05) is 30.3 Å². The fourth-order valence-electron chi connectivity index (χ4n) is 2.00. The number of amides is 1. The summed E-state index contributed by atoms with van der Waals surface area (Å²) in [4.78, 5) is 12.0. The van der Waals surface area contributed by atoms with E-state index in [1.165, 1.54) is 0 Å². The fraction of sp³-hybridized carbons (Fsp3) is 0.462. The lowest BCUT2D eigenvalue weighted by molar-refractivity contribution is -0.122. The zero-order valence-corrected chi connectivity index (χ0v) is 9.57. The first-order chi connectivity index (χ1) is 7.77. The van der Waals surface area contributed by atoms with Crippen molar-refractivity contribution in [3.05, 3.63) is 35.9 Å². The highest BCUT2D eigenvalue weighted by Crippen LogP contribution is 2.15. The monoisotopic (exact) mass is 218 g/mol. The molecule has 2 atom stereocenters. The number of nitrogens with one attached hydrogen (secondary N) is 2. The van der Waals surface area contributed by atoms with Crippen LogP contribution in [0.2, 0.25) is 0 Å². The Balaban J connectivity index is 1.94. The summed E-state index contributed by atoms with van der Waals surface area (Å²) in [6.07, 6.45) is 1.03. The molecule has 0 aliphatic carbocycles. The predicted molar refractivity (Wildman–Crippen MR) is 64.3 cm³/mol. The van der Waals surface area contributed by atoms with Crippen LogP contribution in [0.4, 0.5) is 0 Å². The van der Waals surface area contributed by atoms with Crippen molar-refractivity contribution in [2.45, 2.75) is 25.3 Å². The minimum Gasteiger partial charge on any atom is -0.352 e. The van der Waals surface area contributed by atoms with E-state index >= 15 is 0 Å². The van der Waals surface area contributed by atoms with Crippen molar-refractivity contribution in [2.24, 2.45) is 0 Å². The van der Waals surface area contributed by atoms with Gasteiger partial charge in [0.25, 0.3) is 0 Å². The van der Waals surface area contributed by atoms with Crippen LogP contribution in [0.1, 0.15) is 24.8 Å². The van der Waals surface area contributed by atoms with Gasteiger partial charge in [-0.15, -0.1) is 0 Å². The van der Waals surface area contributed by atoms with Gasteiger partial charge in [-0.05, 0) is 25.5 Å². The second-order valence-corrected chi connectivity index (χ2v) is 4.33. The van der Waals surface area contributed by atoms with Gasteiger partial charge in [-0.2, -0.15) is 0 Å². The van der Waals surface area contributed by atoms with Crippen molar-refractivity contribution in [3.8, 4) is 0 Å². The van der Waals surface area contributed by atoms with Crippen molar-refractivity contribution in [2.75, 3.05) is 13.1 Å². The summed E-state index contributed by atoms with van der Waals surface area (Å²) < 4.78 is 0. The van der Waals surface area contributed by atoms with E-state index in [0.717, 1.165) is 25.1 Å². The van der Waals surface area contributed by atoms with E-state index in [1.807, 2.05) is 37.3 Å². The Hall–Kier alpha value is -1.35. The Morgan fingerprint density at radius 2 is 2.19 bits per heavy atom. The minimum absolute atomic E-state index is 0.0678. The molecule has 1 amide bonds. The zero-order chi connectivity index (χ0) is 11.4. The highest BCUT2D eigenvalue weighted by atomic mass is 16.1. The van der Waals surface area contributed by atoms with E-state index in [4.69, 9.17) is 0 Å². The summed E-state index contributed by atoms with van der Waals surface area (Å²) >= 11 is 0. The van der Waals surface area contributed by atoms with Crippen LogP contribution in [0.5, 0.6) is 0 Å². The first-order valence-corrected chi connectivity index (χ1v) is 5.83. The van der Waals surface area contributed by atoms with Gasteiger partial charge in [0.2, 0.25) is 5.91 Å². The first kappa shape index (κ1) is 11.1. The molecular weight excluding hydrogens is 200 g/mol. The van der Waals surface area contributed by atoms with Crippen molar-refractivity contribution in [1.29, 1.82) is 0 Å². The summed E-state index contributed by atoms with van der Waals surface area (Å²) in [5.74, 6) is 0.0571. The number of carbonyl (C=O) groups excluding carboxylic acids is 1. The van der Waals surface area contributed by atoms with Crippen molar-refractivity contribution in [3.63, 3.8) is 0 Å². The molecule has 0 aromatic heterocycles. The molecule has 86 valence electrons. The third-order valence-corrected chi connectivity index (χ3v) is 3.10. The van der Waals surface area contributed by atoms with Crippen molar-refractivity contribution in [1.82, 2.24) is 10.6 Å². The molecule has 1 aromatic rings. The molecular formula is C13H18N2O. The third-order valence-electron chi connectivity index (χ3n) is 3.10. The second kappa shape index (κ2) is 5.12. The summed E-state index contributed by atoms with van der Waals surface area (Å²) in [5, 5.41) is 6.32. The van der Waals surface area contributed by atoms with Gasteiger partial charge in [0, 0.05) is 12.6 Å². The van der Waals surface area contributed by atoms with Gasteiger partial charge >= 0.3 is 0 Å². The van der Waals surface area contributed by atoms with Gasteiger partial charge < -0.3 is 10.6 Å². The van der Waals surface area contributed by atoms with Crippen molar-refractivity contribution < 1.29 is 4.79 Å². The van der Waals surface area contributed by atoms with E-state index in [1.54, 1.807) is 0 Å². The average Bonchev–Trinajstić information content (AvgIpc) is 2.82. The summed E-state index contributed by atoms with van der Waals surface area (Å²) in [5.41, 5.74) is 1.07. The standard InChI is InChI=1S/C13H18N2O/c1-10(11-5-3-2-4-6-11)13(16)15-12-7-8-14-9-12/h2-6,10,12,14H,7-9H2,1H3,(H,15,16). The SMILES string of the molecule is CC(C(=O)NC1CCNC1)c1ccccc1. The number of benzene rings is 1. The number of hydrogen-bond donors (Lipinski definition) is 2. The molecule has 1 aromatic carbocycles. The highest BCUT2D eigenvalue weighted by Gasteiger charge is 2.20. The summed E-state index contributed by atoms with van der Waals surface area (Å²) in [6, 6.07) is 10.2. The molecule has 0 radical (unpaired) electrons. The van der Waals surface area contributed by atoms with Gasteiger partial charge in [0.1, 0.15) is 0 Å². The molecule has 0 saturated carbocycles. The Morgan fingerprint density at radius 3 is 2.81 bits per heavy atom. The molecule has 3 nitrogen and oxygen atoms in total. The van der Waals surface area contributed by atoms with Crippen molar-refractivity contribution >= 4 is 5.91 Å². The fourth-order valence-corrected chi connectivity index (χ4v) is 2.00. The number of carbonyl (C=O) groups is 1. The van der Waals surface area contributed by atoms with Crippen LogP contribution in [0.25, 0.3) is 0 Å². The normalized spacial score (nSPS) is 21.7. The highest BCUT2D eigenvalue weighted by molar-refractivity contribution is 5.83. The maximum Gasteiger partial charge on any atom is 0.227 e. The second-order valence-electron chi connectivity index (χ2n) is 4.33. The largest absolute Gasteiger partial charge is 0.352 e. The molecule has 2 N–H and O–H groups in total. The predicted octanol–water partition coefficient (Wildman–Crippen LogP) is 1.27. The Morgan fingerprint density at radius 1 is 1.44 bits per heavy atom. The molecule has 1 heterocycles. The van der Waals surface area contributed by atoms with E-state index in [2.05, 4.69) is 10.6 Å². The van der Waals surface area contributed by atoms with Gasteiger partial charge in [-0.25, -0.2) is 0 Å². The van der Waals surface area contributed by atoms with E-state index < -0.39 is 0 Å². The molecule has 2 rings (SSSR count). The molecule has 1 fully saturated rings. The van der Waals surface area contributed by atoms with E-state index in [-0.39, 0.29) is 11.8 Å². The summed E-state index contributed by atoms with van der Waals surface area (Å²) in [6.45, 7) is 3.85. The molecule has 0 bridgehead atoms. The molecule has 1 aliphatic rings. The number of hydrogen-bond acceptors (Lipinski definition) is 2. The quantitative estimate of drug-likeness (QED) is 0.802. The van der Waals surface area contributed by atoms with Crippen LogP contribution in [-0.2, 0) is 4.79 Å². The van der Waals surface area contributed by atoms with Gasteiger partial charge in [0.05, 0.1) is 5.92 Å². The molecule has 3 heteroatoms. The zero-order valence-electron chi connectivity index (χ0n) is 9.57. The van der Waals surface area contributed by atoms with Gasteiger partial charge in [-0.3, -0.25) is 4.79 Å². The Kier molecular flexibility index (Phi) is 3.57. The van der Waals surface area contributed by atoms with Crippen LogP contribution in [-0.4, -0.2) is 25.0 Å². The van der Waals surface area contributed by atoms with Gasteiger partial charge in [0.15, 0.2) is 0 Å². The lowest BCUT2D eigenvalue weighted by atomic mass is 10.00. The lowest BCUT2D eigenvalue weighted by Crippen LogP contribution is -2.38. The smallest absolute Gasteiger partial charge is 0.227 e. The topological polar surface area (TPSA) is 41.1 Å². The van der Waals surface area contributed by atoms with E-state index in [0.29, 0.717) is 6.04 Å². The number of rotatable bonds is 3. The first-order valence-electron chi connectivity index (χ1n) is 5.83.